The van der Waals surface area contributed by atoms with Crippen LogP contribution in [0.2, 0.25) is 0 Å². The van der Waals surface area contributed by atoms with Crippen molar-refractivity contribution in [2.75, 3.05) is 24.6 Å². The molecule has 8 heteroatoms. The molecule has 0 aliphatic heterocycles. The number of benzene rings is 2. The smallest absolute Gasteiger partial charge is 0.264 e. The van der Waals surface area contributed by atoms with Gasteiger partial charge < -0.3 is 14.8 Å². The Balaban J connectivity index is 1.56. The zero-order valence-electron chi connectivity index (χ0n) is 18.7. The summed E-state index contributed by atoms with van der Waals surface area (Å²) in [5.41, 5.74) is 0.495. The molecule has 1 fully saturated rings. The Morgan fingerprint density at radius 3 is 2.09 bits per heavy atom. The third-order valence-corrected chi connectivity index (χ3v) is 7.38. The maximum Gasteiger partial charge on any atom is 0.264 e. The molecule has 32 heavy (non-hydrogen) atoms. The number of nitrogens with one attached hydrogen (secondary N) is 1. The van der Waals surface area contributed by atoms with Gasteiger partial charge in [-0.2, -0.15) is 0 Å². The van der Waals surface area contributed by atoms with Gasteiger partial charge in [-0.05, 0) is 68.3 Å². The number of nitrogens with zero attached hydrogens (tertiary/aromatic N) is 1. The molecule has 1 amide bonds. The van der Waals surface area contributed by atoms with Crippen LogP contribution in [-0.4, -0.2) is 40.6 Å². The quantitative estimate of drug-likeness (QED) is 0.569. The van der Waals surface area contributed by atoms with E-state index in [1.807, 2.05) is 6.92 Å². The molecule has 0 radical (unpaired) electrons. The first-order valence-corrected chi connectivity index (χ1v) is 12.6. The van der Waals surface area contributed by atoms with Gasteiger partial charge >= 0.3 is 0 Å². The molecule has 2 aromatic carbocycles. The number of carbonyl (C=O) groups excluding carboxylic acids is 1. The second kappa shape index (κ2) is 11.2. The van der Waals surface area contributed by atoms with Crippen molar-refractivity contribution < 1.29 is 22.7 Å². The lowest BCUT2D eigenvalue weighted by Gasteiger charge is -2.20. The number of anilines is 1. The molecule has 1 N–H and O–H groups in total. The van der Waals surface area contributed by atoms with Crippen LogP contribution in [0.1, 0.15) is 45.4 Å². The third kappa shape index (κ3) is 6.38. The summed E-state index contributed by atoms with van der Waals surface area (Å²) in [6.45, 7) is 2.33. The summed E-state index contributed by atoms with van der Waals surface area (Å²) >= 11 is 0. The van der Waals surface area contributed by atoms with Gasteiger partial charge in [0.15, 0.2) is 6.61 Å². The summed E-state index contributed by atoms with van der Waals surface area (Å²) in [4.78, 5) is 12.4. The number of hydrogen-bond donors (Lipinski definition) is 1. The Bertz CT molecular complexity index is 966. The maximum absolute atomic E-state index is 12.9. The van der Waals surface area contributed by atoms with Crippen molar-refractivity contribution in [2.24, 2.45) is 0 Å². The van der Waals surface area contributed by atoms with E-state index in [1.165, 1.54) is 36.3 Å². The van der Waals surface area contributed by atoms with Gasteiger partial charge in [-0.25, -0.2) is 8.42 Å². The monoisotopic (exact) mass is 460 g/mol. The summed E-state index contributed by atoms with van der Waals surface area (Å²) in [5, 5.41) is 3.05. The standard InChI is InChI=1S/C24H32N2O5S/c1-3-30-21-14-16-23(17-15-21)32(28,29)26(2)20-10-12-22(13-11-20)31-18-24(27)25-19-8-6-4-5-7-9-19/h10-17,19H,3-9,18H2,1-2H3,(H,25,27). The number of rotatable bonds is 9. The van der Waals surface area contributed by atoms with E-state index in [4.69, 9.17) is 9.47 Å². The van der Waals surface area contributed by atoms with Crippen LogP contribution in [0.5, 0.6) is 11.5 Å². The molecule has 0 bridgehead atoms. The molecule has 0 heterocycles. The topological polar surface area (TPSA) is 84.9 Å². The van der Waals surface area contributed by atoms with Crippen LogP contribution in [0.25, 0.3) is 0 Å². The molecular formula is C24H32N2O5S. The predicted octanol–water partition coefficient (Wildman–Crippen LogP) is 4.13. The van der Waals surface area contributed by atoms with Crippen molar-refractivity contribution >= 4 is 21.6 Å². The van der Waals surface area contributed by atoms with Crippen LogP contribution in [0.3, 0.4) is 0 Å². The summed E-state index contributed by atoms with van der Waals surface area (Å²) < 4.78 is 38.0. The average molecular weight is 461 g/mol. The second-order valence-electron chi connectivity index (χ2n) is 7.92. The second-order valence-corrected chi connectivity index (χ2v) is 9.88. The molecule has 0 unspecified atom stereocenters. The molecule has 3 rings (SSSR count). The van der Waals surface area contributed by atoms with Crippen molar-refractivity contribution in [2.45, 2.75) is 56.4 Å². The summed E-state index contributed by atoms with van der Waals surface area (Å²) in [7, 11) is -2.21. The molecule has 0 spiro atoms. The highest BCUT2D eigenvalue weighted by Crippen LogP contribution is 2.25. The minimum atomic E-state index is -3.71. The largest absolute Gasteiger partial charge is 0.494 e. The van der Waals surface area contributed by atoms with Crippen molar-refractivity contribution in [3.05, 3.63) is 48.5 Å². The molecule has 7 nitrogen and oxygen atoms in total. The first-order valence-electron chi connectivity index (χ1n) is 11.1. The highest BCUT2D eigenvalue weighted by molar-refractivity contribution is 7.92. The zero-order valence-corrected chi connectivity index (χ0v) is 19.6. The molecule has 174 valence electrons. The molecule has 2 aromatic rings. The number of sulfonamides is 1. The van der Waals surface area contributed by atoms with Gasteiger partial charge in [0.25, 0.3) is 15.9 Å². The number of hydrogen-bond acceptors (Lipinski definition) is 5. The zero-order chi connectivity index (χ0) is 23.0. The number of ether oxygens (including phenoxy) is 2. The van der Waals surface area contributed by atoms with E-state index in [-0.39, 0.29) is 23.5 Å². The molecule has 1 aliphatic carbocycles. The van der Waals surface area contributed by atoms with Gasteiger partial charge in [-0.15, -0.1) is 0 Å². The fourth-order valence-corrected chi connectivity index (χ4v) is 4.96. The van der Waals surface area contributed by atoms with Crippen molar-refractivity contribution in [3.8, 4) is 11.5 Å². The van der Waals surface area contributed by atoms with E-state index < -0.39 is 10.0 Å². The van der Waals surface area contributed by atoms with E-state index in [0.717, 1.165) is 25.7 Å². The highest BCUT2D eigenvalue weighted by atomic mass is 32.2. The van der Waals surface area contributed by atoms with Crippen molar-refractivity contribution in [1.29, 1.82) is 0 Å². The molecule has 1 saturated carbocycles. The Morgan fingerprint density at radius 1 is 0.938 bits per heavy atom. The lowest BCUT2D eigenvalue weighted by atomic mass is 10.1. The first-order chi connectivity index (χ1) is 15.4. The van der Waals surface area contributed by atoms with Gasteiger partial charge in [0.2, 0.25) is 0 Å². The average Bonchev–Trinajstić information content (AvgIpc) is 3.07. The molecule has 0 atom stereocenters. The lowest BCUT2D eigenvalue weighted by Crippen LogP contribution is -2.37. The fourth-order valence-electron chi connectivity index (χ4n) is 3.77. The molecule has 0 saturated heterocycles. The van der Waals surface area contributed by atoms with Crippen LogP contribution in [0.15, 0.2) is 53.4 Å². The minimum Gasteiger partial charge on any atom is -0.494 e. The SMILES string of the molecule is CCOc1ccc(S(=O)(=O)N(C)c2ccc(OCC(=O)NC3CCCCCC3)cc2)cc1. The van der Waals surface area contributed by atoms with Gasteiger partial charge in [-0.1, -0.05) is 25.7 Å². The highest BCUT2D eigenvalue weighted by Gasteiger charge is 2.21. The first kappa shape index (κ1) is 23.9. The normalized spacial score (nSPS) is 14.9. The predicted molar refractivity (Wildman–Crippen MR) is 125 cm³/mol. The van der Waals surface area contributed by atoms with Gasteiger partial charge in [0.05, 0.1) is 17.2 Å². The van der Waals surface area contributed by atoms with E-state index in [9.17, 15) is 13.2 Å². The Kier molecular flexibility index (Phi) is 8.39. The summed E-state index contributed by atoms with van der Waals surface area (Å²) in [6, 6.07) is 13.2. The van der Waals surface area contributed by atoms with Crippen molar-refractivity contribution in [3.63, 3.8) is 0 Å². The number of amides is 1. The molecule has 0 aromatic heterocycles. The van der Waals surface area contributed by atoms with Gasteiger partial charge in [0, 0.05) is 13.1 Å². The van der Waals surface area contributed by atoms with Crippen LogP contribution < -0.4 is 19.1 Å². The molecular weight excluding hydrogens is 428 g/mol. The number of carbonyl (C=O) groups is 1. The Labute approximate surface area is 190 Å². The lowest BCUT2D eigenvalue weighted by molar-refractivity contribution is -0.123. The third-order valence-electron chi connectivity index (χ3n) is 5.58. The Hall–Kier alpha value is -2.74. The van der Waals surface area contributed by atoms with Crippen molar-refractivity contribution in [1.82, 2.24) is 5.32 Å². The Morgan fingerprint density at radius 2 is 1.50 bits per heavy atom. The van der Waals surface area contributed by atoms with Gasteiger partial charge in [0.1, 0.15) is 11.5 Å². The van der Waals surface area contributed by atoms with E-state index in [0.29, 0.717) is 23.8 Å². The fraction of sp³-hybridized carbons (Fsp3) is 0.458. The van der Waals surface area contributed by atoms with Crippen LogP contribution in [0, 0.1) is 0 Å². The van der Waals surface area contributed by atoms with E-state index >= 15 is 0 Å². The van der Waals surface area contributed by atoms with Gasteiger partial charge in [-0.3, -0.25) is 9.10 Å². The minimum absolute atomic E-state index is 0.0594. The van der Waals surface area contributed by atoms with E-state index in [2.05, 4.69) is 5.32 Å². The summed E-state index contributed by atoms with van der Waals surface area (Å²) in [6.07, 6.45) is 6.82. The van der Waals surface area contributed by atoms with Crippen LogP contribution in [0.4, 0.5) is 5.69 Å². The van der Waals surface area contributed by atoms with E-state index in [1.54, 1.807) is 36.4 Å². The maximum atomic E-state index is 12.9. The molecule has 1 aliphatic rings. The van der Waals surface area contributed by atoms with Crippen LogP contribution in [-0.2, 0) is 14.8 Å². The summed E-state index contributed by atoms with van der Waals surface area (Å²) in [5.74, 6) is 1.01. The van der Waals surface area contributed by atoms with Crippen LogP contribution >= 0.6 is 0 Å².